The molecule has 0 fully saturated rings. The van der Waals surface area contributed by atoms with Crippen molar-refractivity contribution in [2.75, 3.05) is 13.2 Å². The van der Waals surface area contributed by atoms with Crippen LogP contribution in [0.1, 0.15) is 213 Å². The molecule has 0 bridgehead atoms. The number of allylic oxidation sites excluding steroid dienone is 14. The van der Waals surface area contributed by atoms with Crippen molar-refractivity contribution in [3.8, 4) is 0 Å². The van der Waals surface area contributed by atoms with Crippen molar-refractivity contribution in [1.82, 2.24) is 0 Å². The molecule has 1 unspecified atom stereocenters. The van der Waals surface area contributed by atoms with E-state index in [0.717, 1.165) is 116 Å². The Balaban J connectivity index is 4.22. The topological polar surface area (TPSA) is 78.9 Å². The molecule has 0 saturated carbocycles. The minimum absolute atomic E-state index is 0.0873. The summed E-state index contributed by atoms with van der Waals surface area (Å²) in [5, 5.41) is 0. The SMILES string of the molecule is CC/C=C\C/C=C\C/C=C\C/C=C\C/C=C\C/C=C\C/C=C\CCCCCC(=O)OCC(COC(=O)CCCCCCC)OC(=O)CCCCCCCCCCCCC. The van der Waals surface area contributed by atoms with E-state index in [-0.39, 0.29) is 31.1 Å². The second-order valence-corrected chi connectivity index (χ2v) is 15.6. The Morgan fingerprint density at radius 3 is 1.03 bits per heavy atom. The van der Waals surface area contributed by atoms with Gasteiger partial charge in [0.05, 0.1) is 0 Å². The minimum Gasteiger partial charge on any atom is -0.462 e. The predicted molar refractivity (Wildman–Crippen MR) is 251 cm³/mol. The average molecular weight is 821 g/mol. The van der Waals surface area contributed by atoms with E-state index >= 15 is 0 Å². The van der Waals surface area contributed by atoms with E-state index in [1.165, 1.54) is 57.8 Å². The fourth-order valence-electron chi connectivity index (χ4n) is 6.30. The van der Waals surface area contributed by atoms with E-state index < -0.39 is 6.10 Å². The molecule has 0 heterocycles. The minimum atomic E-state index is -0.783. The summed E-state index contributed by atoms with van der Waals surface area (Å²) < 4.78 is 16.6. The molecule has 0 aliphatic heterocycles. The van der Waals surface area contributed by atoms with Gasteiger partial charge in [0.15, 0.2) is 6.10 Å². The van der Waals surface area contributed by atoms with Gasteiger partial charge in [0, 0.05) is 19.3 Å². The summed E-state index contributed by atoms with van der Waals surface area (Å²) in [7, 11) is 0. The summed E-state index contributed by atoms with van der Waals surface area (Å²) >= 11 is 0. The van der Waals surface area contributed by atoms with Crippen molar-refractivity contribution < 1.29 is 28.6 Å². The molecule has 0 aliphatic rings. The van der Waals surface area contributed by atoms with Crippen LogP contribution in [0, 0.1) is 0 Å². The second-order valence-electron chi connectivity index (χ2n) is 15.6. The average Bonchev–Trinajstić information content (AvgIpc) is 3.23. The number of carbonyl (C=O) groups is 3. The zero-order valence-corrected chi connectivity index (χ0v) is 38.2. The van der Waals surface area contributed by atoms with Crippen molar-refractivity contribution in [3.63, 3.8) is 0 Å². The lowest BCUT2D eigenvalue weighted by atomic mass is 10.1. The molecule has 0 saturated heterocycles. The van der Waals surface area contributed by atoms with Gasteiger partial charge in [0.1, 0.15) is 13.2 Å². The van der Waals surface area contributed by atoms with Gasteiger partial charge < -0.3 is 14.2 Å². The largest absolute Gasteiger partial charge is 0.462 e. The van der Waals surface area contributed by atoms with Crippen molar-refractivity contribution in [3.05, 3.63) is 85.1 Å². The maximum Gasteiger partial charge on any atom is 0.306 e. The van der Waals surface area contributed by atoms with Crippen molar-refractivity contribution in [1.29, 1.82) is 0 Å². The third kappa shape index (κ3) is 45.5. The van der Waals surface area contributed by atoms with Crippen molar-refractivity contribution in [2.45, 2.75) is 219 Å². The van der Waals surface area contributed by atoms with Gasteiger partial charge in [-0.2, -0.15) is 0 Å². The number of carbonyl (C=O) groups excluding carboxylic acids is 3. The van der Waals surface area contributed by atoms with Crippen LogP contribution in [-0.4, -0.2) is 37.2 Å². The first-order valence-corrected chi connectivity index (χ1v) is 24.1. The lowest BCUT2D eigenvalue weighted by Gasteiger charge is -2.18. The molecule has 0 rings (SSSR count). The lowest BCUT2D eigenvalue weighted by Crippen LogP contribution is -2.30. The Hall–Kier alpha value is -3.41. The van der Waals surface area contributed by atoms with Gasteiger partial charge in [0.2, 0.25) is 0 Å². The van der Waals surface area contributed by atoms with E-state index in [0.29, 0.717) is 19.3 Å². The molecule has 59 heavy (non-hydrogen) atoms. The van der Waals surface area contributed by atoms with E-state index in [1.807, 2.05) is 0 Å². The fourth-order valence-corrected chi connectivity index (χ4v) is 6.30. The van der Waals surface area contributed by atoms with Crippen LogP contribution in [-0.2, 0) is 28.6 Å². The van der Waals surface area contributed by atoms with Crippen LogP contribution in [0.3, 0.4) is 0 Å². The zero-order chi connectivity index (χ0) is 43.0. The molecule has 6 heteroatoms. The number of rotatable bonds is 42. The Kier molecular flexibility index (Phi) is 44.5. The maximum absolute atomic E-state index is 12.6. The van der Waals surface area contributed by atoms with Crippen LogP contribution < -0.4 is 0 Å². The summed E-state index contributed by atoms with van der Waals surface area (Å²) in [6.07, 6.45) is 60.3. The first kappa shape index (κ1) is 55.6. The van der Waals surface area contributed by atoms with Crippen LogP contribution in [0.4, 0.5) is 0 Å². The van der Waals surface area contributed by atoms with Crippen LogP contribution in [0.15, 0.2) is 85.1 Å². The van der Waals surface area contributed by atoms with Gasteiger partial charge in [-0.1, -0.05) is 202 Å². The standard InChI is InChI=1S/C53H88O6/c1-4-7-10-13-15-17-19-20-21-22-23-24-25-26-27-28-29-30-31-32-34-35-37-40-43-46-52(55)58-49-50(48-57-51(54)45-42-39-12-9-6-3)59-53(56)47-44-41-38-36-33-18-16-14-11-8-5-2/h7,10,15,17,20-21,23-24,26-27,29-30,32,34,50H,4-6,8-9,11-14,16,18-19,22,25,28,31,33,35-49H2,1-3H3/b10-7-,17-15-,21-20-,24-23-,27-26-,30-29-,34-32-. The van der Waals surface area contributed by atoms with Crippen LogP contribution in [0.25, 0.3) is 0 Å². The molecule has 0 N–H and O–H groups in total. The summed E-state index contributed by atoms with van der Waals surface area (Å²) in [6.45, 7) is 6.38. The highest BCUT2D eigenvalue weighted by molar-refractivity contribution is 5.71. The molecule has 0 aromatic rings. The van der Waals surface area contributed by atoms with Gasteiger partial charge in [-0.15, -0.1) is 0 Å². The Morgan fingerprint density at radius 2 is 0.661 bits per heavy atom. The molecule has 1 atom stereocenters. The predicted octanol–water partition coefficient (Wildman–Crippen LogP) is 15.6. The molecular weight excluding hydrogens is 733 g/mol. The molecule has 336 valence electrons. The summed E-state index contributed by atoms with van der Waals surface area (Å²) in [4.78, 5) is 37.5. The second kappa shape index (κ2) is 47.3. The molecule has 0 amide bonds. The van der Waals surface area contributed by atoms with Crippen molar-refractivity contribution in [2.24, 2.45) is 0 Å². The van der Waals surface area contributed by atoms with Gasteiger partial charge in [-0.25, -0.2) is 0 Å². The van der Waals surface area contributed by atoms with Gasteiger partial charge >= 0.3 is 17.9 Å². The van der Waals surface area contributed by atoms with Crippen LogP contribution in [0.2, 0.25) is 0 Å². The normalized spacial score (nSPS) is 12.8. The Morgan fingerprint density at radius 1 is 0.356 bits per heavy atom. The number of hydrogen-bond acceptors (Lipinski definition) is 6. The lowest BCUT2D eigenvalue weighted by molar-refractivity contribution is -0.167. The monoisotopic (exact) mass is 821 g/mol. The molecule has 0 radical (unpaired) electrons. The van der Waals surface area contributed by atoms with Crippen molar-refractivity contribution >= 4 is 17.9 Å². The third-order valence-corrected chi connectivity index (χ3v) is 9.91. The van der Waals surface area contributed by atoms with Gasteiger partial charge in [-0.3, -0.25) is 14.4 Å². The number of esters is 3. The molecule has 0 aromatic heterocycles. The van der Waals surface area contributed by atoms with Crippen LogP contribution in [0.5, 0.6) is 0 Å². The molecule has 0 aromatic carbocycles. The summed E-state index contributed by atoms with van der Waals surface area (Å²) in [5.41, 5.74) is 0. The number of hydrogen-bond donors (Lipinski definition) is 0. The first-order valence-electron chi connectivity index (χ1n) is 24.1. The highest BCUT2D eigenvalue weighted by Gasteiger charge is 2.19. The zero-order valence-electron chi connectivity index (χ0n) is 38.2. The summed E-state index contributed by atoms with van der Waals surface area (Å²) in [5.74, 6) is -0.941. The quantitative estimate of drug-likeness (QED) is 0.0264. The Bertz CT molecular complexity index is 1170. The Labute approximate surface area is 363 Å². The first-order chi connectivity index (χ1) is 29.0. The third-order valence-electron chi connectivity index (χ3n) is 9.91. The van der Waals surface area contributed by atoms with E-state index in [2.05, 4.69) is 106 Å². The maximum atomic E-state index is 12.6. The van der Waals surface area contributed by atoms with Crippen LogP contribution >= 0.6 is 0 Å². The highest BCUT2D eigenvalue weighted by Crippen LogP contribution is 2.13. The van der Waals surface area contributed by atoms with E-state index in [9.17, 15) is 14.4 Å². The molecule has 0 aliphatic carbocycles. The summed E-state index contributed by atoms with van der Waals surface area (Å²) in [6, 6.07) is 0. The molecule has 6 nitrogen and oxygen atoms in total. The molecule has 0 spiro atoms. The van der Waals surface area contributed by atoms with Gasteiger partial charge in [0.25, 0.3) is 0 Å². The number of ether oxygens (including phenoxy) is 3. The fraction of sp³-hybridized carbons (Fsp3) is 0.679. The smallest absolute Gasteiger partial charge is 0.306 e. The van der Waals surface area contributed by atoms with Gasteiger partial charge in [-0.05, 0) is 77.0 Å². The van der Waals surface area contributed by atoms with E-state index in [4.69, 9.17) is 14.2 Å². The highest BCUT2D eigenvalue weighted by atomic mass is 16.6. The van der Waals surface area contributed by atoms with E-state index in [1.54, 1.807) is 0 Å². The molecular formula is C53H88O6. The number of unbranched alkanes of at least 4 members (excludes halogenated alkanes) is 17.